The Morgan fingerprint density at radius 2 is 2.10 bits per heavy atom. The molecule has 0 aromatic heterocycles. The number of carbonyl (C=O) groups is 2. The first kappa shape index (κ1) is 15.0. The molecule has 1 aromatic rings. The molecule has 1 heterocycles. The first-order valence-corrected chi connectivity index (χ1v) is 7.75. The van der Waals surface area contributed by atoms with E-state index in [9.17, 15) is 9.59 Å². The zero-order valence-corrected chi connectivity index (χ0v) is 13.4. The Balaban J connectivity index is 2.35. The fourth-order valence-electron chi connectivity index (χ4n) is 2.50. The van der Waals surface area contributed by atoms with Crippen molar-refractivity contribution in [2.75, 3.05) is 11.4 Å². The van der Waals surface area contributed by atoms with Crippen molar-refractivity contribution < 1.29 is 9.59 Å². The molecule has 0 radical (unpaired) electrons. The molecule has 0 saturated carbocycles. The second kappa shape index (κ2) is 6.39. The average molecular weight is 339 g/mol. The Kier molecular flexibility index (Phi) is 4.81. The molecule has 2 rings (SSSR count). The van der Waals surface area contributed by atoms with Gasteiger partial charge in [-0.2, -0.15) is 0 Å². The van der Waals surface area contributed by atoms with Gasteiger partial charge in [0.15, 0.2) is 0 Å². The quantitative estimate of drug-likeness (QED) is 0.917. The van der Waals surface area contributed by atoms with E-state index in [2.05, 4.69) is 21.2 Å². The normalized spacial score (nSPS) is 19.1. The summed E-state index contributed by atoms with van der Waals surface area (Å²) in [6, 6.07) is 5.42. The van der Waals surface area contributed by atoms with Crippen LogP contribution in [0.2, 0.25) is 0 Å². The molecular formula is C15H19BrN2O2. The van der Waals surface area contributed by atoms with Crippen LogP contribution in [0.5, 0.6) is 0 Å². The van der Waals surface area contributed by atoms with Crippen LogP contribution in [-0.2, 0) is 16.0 Å². The monoisotopic (exact) mass is 338 g/mol. The van der Waals surface area contributed by atoms with Crippen LogP contribution in [-0.4, -0.2) is 24.4 Å². The summed E-state index contributed by atoms with van der Waals surface area (Å²) in [7, 11) is 0. The van der Waals surface area contributed by atoms with Gasteiger partial charge in [0.1, 0.15) is 12.6 Å². The highest BCUT2D eigenvalue weighted by atomic mass is 79.9. The molecule has 1 unspecified atom stereocenters. The number of nitrogens with one attached hydrogen (secondary N) is 1. The van der Waals surface area contributed by atoms with Crippen LogP contribution in [0, 0.1) is 0 Å². The molecule has 2 amide bonds. The number of aryl methyl sites for hydroxylation is 1. The molecule has 4 nitrogen and oxygen atoms in total. The zero-order chi connectivity index (χ0) is 14.7. The Morgan fingerprint density at radius 3 is 2.75 bits per heavy atom. The number of piperazine rings is 1. The molecule has 1 N–H and O–H groups in total. The second-order valence-electron chi connectivity index (χ2n) is 4.96. The van der Waals surface area contributed by atoms with E-state index >= 15 is 0 Å². The van der Waals surface area contributed by atoms with Gasteiger partial charge in [0.2, 0.25) is 11.8 Å². The topological polar surface area (TPSA) is 49.4 Å². The molecule has 1 atom stereocenters. The van der Waals surface area contributed by atoms with Crippen LogP contribution in [0.3, 0.4) is 0 Å². The van der Waals surface area contributed by atoms with E-state index in [1.54, 1.807) is 4.90 Å². The Hall–Kier alpha value is -1.36. The van der Waals surface area contributed by atoms with Crippen molar-refractivity contribution in [2.45, 2.75) is 39.2 Å². The maximum atomic E-state index is 12.5. The van der Waals surface area contributed by atoms with Gasteiger partial charge in [-0.15, -0.1) is 0 Å². The van der Waals surface area contributed by atoms with Gasteiger partial charge in [-0.1, -0.05) is 36.2 Å². The molecule has 5 heteroatoms. The van der Waals surface area contributed by atoms with E-state index < -0.39 is 6.04 Å². The first-order valence-electron chi connectivity index (χ1n) is 6.96. The number of anilines is 1. The highest BCUT2D eigenvalue weighted by molar-refractivity contribution is 9.10. The molecule has 108 valence electrons. The molecule has 0 aliphatic carbocycles. The molecule has 1 aromatic carbocycles. The Morgan fingerprint density at radius 1 is 1.35 bits per heavy atom. The lowest BCUT2D eigenvalue weighted by Crippen LogP contribution is -2.58. The van der Waals surface area contributed by atoms with Gasteiger partial charge in [0.05, 0.1) is 0 Å². The lowest BCUT2D eigenvalue weighted by Gasteiger charge is -2.33. The fraction of sp³-hybridized carbons (Fsp3) is 0.467. The van der Waals surface area contributed by atoms with Crippen molar-refractivity contribution in [1.29, 1.82) is 0 Å². The minimum atomic E-state index is -0.394. The third-order valence-electron chi connectivity index (χ3n) is 3.49. The average Bonchev–Trinajstić information content (AvgIpc) is 2.43. The fourth-order valence-corrected chi connectivity index (χ4v) is 2.91. The summed E-state index contributed by atoms with van der Waals surface area (Å²) in [6.07, 6.45) is 2.36. The van der Waals surface area contributed by atoms with E-state index in [-0.39, 0.29) is 18.4 Å². The number of amides is 2. The Bertz CT molecular complexity index is 531. The summed E-state index contributed by atoms with van der Waals surface area (Å²) in [6.45, 7) is 4.16. The van der Waals surface area contributed by atoms with Crippen LogP contribution in [0.4, 0.5) is 5.69 Å². The highest BCUT2D eigenvalue weighted by Crippen LogP contribution is 2.27. The number of hydrogen-bond donors (Lipinski definition) is 1. The maximum absolute atomic E-state index is 12.5. The second-order valence-corrected chi connectivity index (χ2v) is 5.88. The Labute approximate surface area is 127 Å². The smallest absolute Gasteiger partial charge is 0.250 e. The number of halogens is 1. The van der Waals surface area contributed by atoms with Crippen LogP contribution in [0.1, 0.15) is 32.3 Å². The molecule has 1 aliphatic rings. The molecule has 1 saturated heterocycles. The first-order chi connectivity index (χ1) is 9.56. The minimum absolute atomic E-state index is 0.0107. The summed E-state index contributed by atoms with van der Waals surface area (Å²) >= 11 is 3.44. The molecule has 1 fully saturated rings. The van der Waals surface area contributed by atoms with E-state index in [1.807, 2.05) is 32.0 Å². The third kappa shape index (κ3) is 3.03. The van der Waals surface area contributed by atoms with Crippen molar-refractivity contribution in [3.8, 4) is 0 Å². The number of benzene rings is 1. The van der Waals surface area contributed by atoms with Gasteiger partial charge >= 0.3 is 0 Å². The molecule has 20 heavy (non-hydrogen) atoms. The zero-order valence-electron chi connectivity index (χ0n) is 11.8. The lowest BCUT2D eigenvalue weighted by atomic mass is 10.0. The minimum Gasteiger partial charge on any atom is -0.343 e. The number of rotatable bonds is 4. The van der Waals surface area contributed by atoms with Gasteiger partial charge in [0.25, 0.3) is 0 Å². The number of nitrogens with zero attached hydrogens (tertiary/aromatic N) is 1. The highest BCUT2D eigenvalue weighted by Gasteiger charge is 2.33. The molecule has 0 spiro atoms. The van der Waals surface area contributed by atoms with Crippen molar-refractivity contribution in [2.24, 2.45) is 0 Å². The van der Waals surface area contributed by atoms with Crippen LogP contribution in [0.25, 0.3) is 0 Å². The van der Waals surface area contributed by atoms with Crippen molar-refractivity contribution in [1.82, 2.24) is 5.32 Å². The SMILES string of the molecule is CCCC1NC(=O)CN(c2ccc(Br)cc2CC)C1=O. The summed E-state index contributed by atoms with van der Waals surface area (Å²) in [5.41, 5.74) is 1.91. The van der Waals surface area contributed by atoms with Crippen molar-refractivity contribution in [3.05, 3.63) is 28.2 Å². The molecular weight excluding hydrogens is 320 g/mol. The number of carbonyl (C=O) groups excluding carboxylic acids is 2. The summed E-state index contributed by atoms with van der Waals surface area (Å²) in [5, 5.41) is 2.78. The standard InChI is InChI=1S/C15H19BrN2O2/c1-3-5-12-15(20)18(9-14(19)17-12)13-7-6-11(16)8-10(13)4-2/h6-8,12H,3-5,9H2,1-2H3,(H,17,19). The maximum Gasteiger partial charge on any atom is 0.250 e. The van der Waals surface area contributed by atoms with Gasteiger partial charge in [0, 0.05) is 10.2 Å². The lowest BCUT2D eigenvalue weighted by molar-refractivity contribution is -0.131. The van der Waals surface area contributed by atoms with Crippen LogP contribution >= 0.6 is 15.9 Å². The molecule has 1 aliphatic heterocycles. The summed E-state index contributed by atoms with van der Waals surface area (Å²) in [4.78, 5) is 26.0. The van der Waals surface area contributed by atoms with Crippen molar-refractivity contribution in [3.63, 3.8) is 0 Å². The van der Waals surface area contributed by atoms with E-state index in [4.69, 9.17) is 0 Å². The van der Waals surface area contributed by atoms with Gasteiger partial charge in [-0.25, -0.2) is 0 Å². The summed E-state index contributed by atoms with van der Waals surface area (Å²) in [5.74, 6) is -0.100. The third-order valence-corrected chi connectivity index (χ3v) is 3.98. The largest absolute Gasteiger partial charge is 0.343 e. The van der Waals surface area contributed by atoms with Gasteiger partial charge in [-0.3, -0.25) is 9.59 Å². The van der Waals surface area contributed by atoms with Gasteiger partial charge < -0.3 is 10.2 Å². The van der Waals surface area contributed by atoms with E-state index in [0.717, 1.165) is 28.6 Å². The van der Waals surface area contributed by atoms with Gasteiger partial charge in [-0.05, 0) is 36.6 Å². The predicted octanol–water partition coefficient (Wildman–Crippen LogP) is 2.64. The van der Waals surface area contributed by atoms with E-state index in [1.165, 1.54) is 0 Å². The molecule has 0 bridgehead atoms. The van der Waals surface area contributed by atoms with Crippen LogP contribution < -0.4 is 10.2 Å². The van der Waals surface area contributed by atoms with Crippen LogP contribution in [0.15, 0.2) is 22.7 Å². The summed E-state index contributed by atoms with van der Waals surface area (Å²) < 4.78 is 0.983. The predicted molar refractivity (Wildman–Crippen MR) is 82.7 cm³/mol. The van der Waals surface area contributed by atoms with E-state index in [0.29, 0.717) is 6.42 Å². The number of hydrogen-bond acceptors (Lipinski definition) is 2. The van der Waals surface area contributed by atoms with Crippen molar-refractivity contribution >= 4 is 33.4 Å².